The van der Waals surface area contributed by atoms with Crippen molar-refractivity contribution in [2.24, 2.45) is 0 Å². The van der Waals surface area contributed by atoms with E-state index in [1.165, 1.54) is 0 Å². The molecule has 7 heteroatoms. The second-order valence-electron chi connectivity index (χ2n) is 8.16. The van der Waals surface area contributed by atoms with Crippen molar-refractivity contribution < 1.29 is 0 Å². The predicted molar refractivity (Wildman–Crippen MR) is 131 cm³/mol. The van der Waals surface area contributed by atoms with Crippen LogP contribution >= 0.6 is 11.6 Å². The zero-order valence-corrected chi connectivity index (χ0v) is 19.0. The minimum atomic E-state index is -0.117. The second kappa shape index (κ2) is 8.61. The molecule has 0 aliphatic carbocycles. The number of hydrogen-bond acceptors (Lipinski definition) is 3. The van der Waals surface area contributed by atoms with Crippen LogP contribution in [0, 0.1) is 18.3 Å². The monoisotopic (exact) mass is 455 g/mol. The minimum absolute atomic E-state index is 0.117. The maximum atomic E-state index is 13.6. The van der Waals surface area contributed by atoms with E-state index >= 15 is 0 Å². The molecule has 0 aliphatic heterocycles. The molecule has 164 valence electrons. The van der Waals surface area contributed by atoms with Gasteiger partial charge in [-0.15, -0.1) is 0 Å². The molecule has 0 spiro atoms. The van der Waals surface area contributed by atoms with E-state index in [9.17, 15) is 4.79 Å². The summed E-state index contributed by atoms with van der Waals surface area (Å²) in [6.07, 6.45) is 4.65. The number of aromatic nitrogens is 4. The highest BCUT2D eigenvalue weighted by Crippen LogP contribution is 2.26. The molecule has 0 unspecified atom stereocenters. The number of rotatable bonds is 6. The molecule has 2 aromatic carbocycles. The van der Waals surface area contributed by atoms with Gasteiger partial charge in [-0.3, -0.25) is 14.1 Å². The molecular weight excluding hydrogens is 434 g/mol. The van der Waals surface area contributed by atoms with Crippen LogP contribution in [0.25, 0.3) is 27.6 Å². The lowest BCUT2D eigenvalue weighted by atomic mass is 10.2. The van der Waals surface area contributed by atoms with Gasteiger partial charge in [0, 0.05) is 40.8 Å². The summed E-state index contributed by atoms with van der Waals surface area (Å²) in [5, 5.41) is 10.7. The standard InChI is InChI=1S/C26H22ClN5O/c1-18-4-7-21(8-5-18)32-24-10-12-29-16-25(24)31(26(32)33)17-22-15-19-14-20(27)6-9-23(19)30(22)13-3-2-11-28/h4-10,12,14-16H,2-3,13,17H2,1H3. The van der Waals surface area contributed by atoms with Gasteiger partial charge in [0.25, 0.3) is 0 Å². The average Bonchev–Trinajstić information content (AvgIpc) is 3.29. The summed E-state index contributed by atoms with van der Waals surface area (Å²) in [7, 11) is 0. The number of pyridine rings is 1. The van der Waals surface area contributed by atoms with Gasteiger partial charge in [0.2, 0.25) is 0 Å². The molecule has 5 aromatic rings. The molecule has 0 N–H and O–H groups in total. The SMILES string of the molecule is Cc1ccc(-n2c(=O)n(Cc3cc4cc(Cl)ccc4n3CCCC#N)c3cnccc32)cc1. The summed E-state index contributed by atoms with van der Waals surface area (Å²) in [5.41, 5.74) is 5.46. The summed E-state index contributed by atoms with van der Waals surface area (Å²) in [5.74, 6) is 0. The van der Waals surface area contributed by atoms with Crippen molar-refractivity contribution in [3.05, 3.63) is 93.8 Å². The summed E-state index contributed by atoms with van der Waals surface area (Å²) >= 11 is 6.23. The summed E-state index contributed by atoms with van der Waals surface area (Å²) < 4.78 is 5.68. The molecule has 33 heavy (non-hydrogen) atoms. The number of nitrogens with zero attached hydrogens (tertiary/aromatic N) is 5. The zero-order valence-electron chi connectivity index (χ0n) is 18.2. The zero-order chi connectivity index (χ0) is 22.9. The minimum Gasteiger partial charge on any atom is -0.343 e. The molecule has 0 saturated heterocycles. The smallest absolute Gasteiger partial charge is 0.334 e. The first-order valence-corrected chi connectivity index (χ1v) is 11.2. The van der Waals surface area contributed by atoms with E-state index in [4.69, 9.17) is 16.9 Å². The third-order valence-corrected chi connectivity index (χ3v) is 6.20. The normalized spacial score (nSPS) is 11.3. The molecule has 6 nitrogen and oxygen atoms in total. The van der Waals surface area contributed by atoms with Crippen molar-refractivity contribution in [2.45, 2.75) is 32.9 Å². The number of imidazole rings is 1. The van der Waals surface area contributed by atoms with Crippen LogP contribution in [0.5, 0.6) is 0 Å². The van der Waals surface area contributed by atoms with Crippen LogP contribution in [0.1, 0.15) is 24.1 Å². The van der Waals surface area contributed by atoms with Gasteiger partial charge in [-0.2, -0.15) is 5.26 Å². The van der Waals surface area contributed by atoms with Gasteiger partial charge >= 0.3 is 5.69 Å². The molecule has 0 aliphatic rings. The Labute approximate surface area is 195 Å². The first-order valence-electron chi connectivity index (χ1n) is 10.8. The van der Waals surface area contributed by atoms with Gasteiger partial charge < -0.3 is 4.57 Å². The van der Waals surface area contributed by atoms with Crippen LogP contribution in [0.3, 0.4) is 0 Å². The van der Waals surface area contributed by atoms with Gasteiger partial charge in [-0.1, -0.05) is 29.3 Å². The Balaban J connectivity index is 1.66. The summed E-state index contributed by atoms with van der Waals surface area (Å²) in [6, 6.07) is 19.9. The van der Waals surface area contributed by atoms with Crippen LogP contribution in [0.2, 0.25) is 5.02 Å². The third-order valence-electron chi connectivity index (χ3n) is 5.96. The molecular formula is C26H22ClN5O. The van der Waals surface area contributed by atoms with Crippen molar-refractivity contribution in [3.8, 4) is 11.8 Å². The lowest BCUT2D eigenvalue weighted by Gasteiger charge is -2.11. The van der Waals surface area contributed by atoms with E-state index in [0.29, 0.717) is 24.5 Å². The second-order valence-corrected chi connectivity index (χ2v) is 8.59. The molecule has 5 rings (SSSR count). The third kappa shape index (κ3) is 3.81. The van der Waals surface area contributed by atoms with Crippen LogP contribution in [-0.4, -0.2) is 18.7 Å². The molecule has 3 heterocycles. The Hall–Kier alpha value is -3.82. The van der Waals surface area contributed by atoms with Crippen LogP contribution in [-0.2, 0) is 13.1 Å². The Morgan fingerprint density at radius 1 is 1.00 bits per heavy atom. The number of aryl methyl sites for hydroxylation is 2. The van der Waals surface area contributed by atoms with E-state index in [2.05, 4.69) is 21.7 Å². The van der Waals surface area contributed by atoms with Gasteiger partial charge in [-0.05, 0) is 55.8 Å². The summed E-state index contributed by atoms with van der Waals surface area (Å²) in [4.78, 5) is 17.9. The maximum absolute atomic E-state index is 13.6. The van der Waals surface area contributed by atoms with Crippen LogP contribution in [0.4, 0.5) is 0 Å². The van der Waals surface area contributed by atoms with Crippen LogP contribution < -0.4 is 5.69 Å². The van der Waals surface area contributed by atoms with Crippen molar-refractivity contribution >= 4 is 33.5 Å². The Kier molecular flexibility index (Phi) is 5.49. The highest BCUT2D eigenvalue weighted by atomic mass is 35.5. The summed E-state index contributed by atoms with van der Waals surface area (Å²) in [6.45, 7) is 3.10. The number of halogens is 1. The van der Waals surface area contributed by atoms with E-state index < -0.39 is 0 Å². The highest BCUT2D eigenvalue weighted by molar-refractivity contribution is 6.31. The fourth-order valence-corrected chi connectivity index (χ4v) is 4.55. The average molecular weight is 456 g/mol. The molecule has 3 aromatic heterocycles. The first kappa shape index (κ1) is 21.0. The quantitative estimate of drug-likeness (QED) is 0.319. The van der Waals surface area contributed by atoms with E-state index in [1.54, 1.807) is 21.5 Å². The number of hydrogen-bond donors (Lipinski definition) is 0. The topological polar surface area (TPSA) is 68.5 Å². The van der Waals surface area contributed by atoms with Gasteiger partial charge in [0.05, 0.1) is 35.5 Å². The first-order chi connectivity index (χ1) is 16.1. The van der Waals surface area contributed by atoms with Crippen LogP contribution in [0.15, 0.2) is 71.8 Å². The number of unbranched alkanes of at least 4 members (excludes halogenated alkanes) is 1. The van der Waals surface area contributed by atoms with Crippen molar-refractivity contribution in [1.29, 1.82) is 5.26 Å². The van der Waals surface area contributed by atoms with E-state index in [1.807, 2.05) is 55.5 Å². The van der Waals surface area contributed by atoms with Gasteiger partial charge in [0.15, 0.2) is 0 Å². The van der Waals surface area contributed by atoms with E-state index in [0.717, 1.165) is 45.3 Å². The molecule has 0 bridgehead atoms. The molecule has 0 fully saturated rings. The fourth-order valence-electron chi connectivity index (χ4n) is 4.37. The van der Waals surface area contributed by atoms with Gasteiger partial charge in [0.1, 0.15) is 0 Å². The Morgan fingerprint density at radius 3 is 2.61 bits per heavy atom. The lowest BCUT2D eigenvalue weighted by Crippen LogP contribution is -2.24. The van der Waals surface area contributed by atoms with Crippen molar-refractivity contribution in [3.63, 3.8) is 0 Å². The predicted octanol–water partition coefficient (Wildman–Crippen LogP) is 5.46. The number of nitriles is 1. The fraction of sp³-hybridized carbons (Fsp3) is 0.192. The number of fused-ring (bicyclic) bond motifs is 2. The largest absolute Gasteiger partial charge is 0.343 e. The lowest BCUT2D eigenvalue weighted by molar-refractivity contribution is 0.621. The molecule has 0 radical (unpaired) electrons. The van der Waals surface area contributed by atoms with E-state index in [-0.39, 0.29) is 5.69 Å². The molecule has 0 atom stereocenters. The van der Waals surface area contributed by atoms with Crippen molar-refractivity contribution in [2.75, 3.05) is 0 Å². The molecule has 0 amide bonds. The Bertz CT molecular complexity index is 1570. The number of benzene rings is 2. The highest BCUT2D eigenvalue weighted by Gasteiger charge is 2.17. The van der Waals surface area contributed by atoms with Gasteiger partial charge in [-0.25, -0.2) is 4.79 Å². The van der Waals surface area contributed by atoms with Crippen molar-refractivity contribution in [1.82, 2.24) is 18.7 Å². The molecule has 0 saturated carbocycles. The maximum Gasteiger partial charge on any atom is 0.334 e. The Morgan fingerprint density at radius 2 is 1.82 bits per heavy atom.